The van der Waals surface area contributed by atoms with Gasteiger partial charge in [0.05, 0.1) is 12.7 Å². The number of fused-ring (bicyclic) bond motifs is 2. The van der Waals surface area contributed by atoms with Gasteiger partial charge >= 0.3 is 41.2 Å². The first kappa shape index (κ1) is 22.6. The van der Waals surface area contributed by atoms with Crippen molar-refractivity contribution in [2.24, 2.45) is 21.1 Å². The summed E-state index contributed by atoms with van der Waals surface area (Å²) in [5, 5.41) is 10.8. The number of aryl methyl sites for hydroxylation is 2. The Balaban J connectivity index is 0.000000200. The van der Waals surface area contributed by atoms with Gasteiger partial charge in [-0.05, 0) is 16.3 Å². The zero-order chi connectivity index (χ0) is 20.4. The van der Waals surface area contributed by atoms with Crippen molar-refractivity contribution in [2.75, 3.05) is 0 Å². The number of imidazole rings is 1. The third kappa shape index (κ3) is 4.50. The van der Waals surface area contributed by atoms with Gasteiger partial charge in [-0.15, -0.1) is 0 Å². The smallest absolute Gasteiger partial charge is 0.481 e. The summed E-state index contributed by atoms with van der Waals surface area (Å²) in [6.07, 6.45) is 1.60. The second kappa shape index (κ2) is 9.21. The van der Waals surface area contributed by atoms with E-state index in [1.54, 1.807) is 18.7 Å². The summed E-state index contributed by atoms with van der Waals surface area (Å²) in [7, 11) is 4.77. The van der Waals surface area contributed by atoms with Gasteiger partial charge in [0, 0.05) is 21.1 Å². The first-order chi connectivity index (χ1) is 13.3. The molecule has 4 rings (SSSR count). The fourth-order valence-electron chi connectivity index (χ4n) is 3.08. The first-order valence-electron chi connectivity index (χ1n) is 8.56. The van der Waals surface area contributed by atoms with Gasteiger partial charge in [-0.25, -0.2) is 9.78 Å². The number of hydrogen-bond donors (Lipinski definition) is 1. The monoisotopic (exact) mass is 403 g/mol. The number of aromatic nitrogens is 4. The van der Waals surface area contributed by atoms with Gasteiger partial charge in [0.15, 0.2) is 11.2 Å². The van der Waals surface area contributed by atoms with Crippen molar-refractivity contribution in [3.8, 4) is 0 Å². The molecule has 2 heterocycles. The number of carbonyl (C=O) groups is 1. The Morgan fingerprint density at radius 3 is 2.34 bits per heavy atom. The zero-order valence-electron chi connectivity index (χ0n) is 16.8. The number of hydrogen-bond acceptors (Lipinski definition) is 4. The van der Waals surface area contributed by atoms with E-state index in [1.807, 2.05) is 42.5 Å². The van der Waals surface area contributed by atoms with E-state index in [-0.39, 0.29) is 47.2 Å². The number of benzene rings is 2. The third-order valence-electron chi connectivity index (χ3n) is 4.54. The Morgan fingerprint density at radius 2 is 1.66 bits per heavy atom. The van der Waals surface area contributed by atoms with Crippen molar-refractivity contribution >= 4 is 27.9 Å². The van der Waals surface area contributed by atoms with E-state index in [9.17, 15) is 14.4 Å². The van der Waals surface area contributed by atoms with Gasteiger partial charge in [0.1, 0.15) is 0 Å². The zero-order valence-corrected chi connectivity index (χ0v) is 18.8. The van der Waals surface area contributed by atoms with Crippen LogP contribution in [0.5, 0.6) is 0 Å². The van der Waals surface area contributed by atoms with Crippen LogP contribution in [0.1, 0.15) is 5.56 Å². The average Bonchev–Trinajstić information content (AvgIpc) is 3.07. The Morgan fingerprint density at radius 1 is 1.00 bits per heavy atom. The molecule has 0 fully saturated rings. The van der Waals surface area contributed by atoms with Crippen LogP contribution in [0, 0.1) is 0 Å². The standard InChI is InChI=1S/C12H10O2.C8H10N4O2.Na/c13-12(14)8-10-6-3-5-9-4-1-2-7-11(9)10;1-10-4-9-6-5(10)7(13)12(3)8(14)11(6)2;/h1-7H,8H2,(H,13,14);4H,1-3H3;/q;;+1. The van der Waals surface area contributed by atoms with Crippen LogP contribution in [0.2, 0.25) is 0 Å². The topological polar surface area (TPSA) is 99.1 Å². The molecule has 29 heavy (non-hydrogen) atoms. The maximum absolute atomic E-state index is 11.7. The van der Waals surface area contributed by atoms with Crippen LogP contribution in [-0.4, -0.2) is 29.8 Å². The summed E-state index contributed by atoms with van der Waals surface area (Å²) >= 11 is 0. The van der Waals surface area contributed by atoms with Crippen molar-refractivity contribution in [1.29, 1.82) is 0 Å². The molecule has 0 saturated carbocycles. The van der Waals surface area contributed by atoms with Crippen molar-refractivity contribution in [3.05, 3.63) is 75.2 Å². The van der Waals surface area contributed by atoms with E-state index < -0.39 is 5.97 Å². The molecule has 144 valence electrons. The molecule has 0 saturated heterocycles. The van der Waals surface area contributed by atoms with Crippen molar-refractivity contribution in [2.45, 2.75) is 6.42 Å². The van der Waals surface area contributed by atoms with Gasteiger partial charge < -0.3 is 9.67 Å². The summed E-state index contributed by atoms with van der Waals surface area (Å²) in [6, 6.07) is 13.5. The second-order valence-electron chi connectivity index (χ2n) is 6.44. The van der Waals surface area contributed by atoms with Gasteiger partial charge in [0.25, 0.3) is 5.56 Å². The predicted molar refractivity (Wildman–Crippen MR) is 106 cm³/mol. The average molecular weight is 403 g/mol. The SMILES string of the molecule is Cn1c(=O)c2c(ncn2C)n(C)c1=O.O=C(O)Cc1cccc2ccccc12.[Na+]. The minimum atomic E-state index is -0.790. The molecule has 0 amide bonds. The van der Waals surface area contributed by atoms with Gasteiger partial charge in [-0.2, -0.15) is 0 Å². The van der Waals surface area contributed by atoms with Crippen molar-refractivity contribution < 1.29 is 39.5 Å². The van der Waals surface area contributed by atoms with Crippen molar-refractivity contribution in [1.82, 2.24) is 18.7 Å². The minimum absolute atomic E-state index is 0. The van der Waals surface area contributed by atoms with Crippen LogP contribution in [0.25, 0.3) is 21.9 Å². The van der Waals surface area contributed by atoms with E-state index in [0.29, 0.717) is 11.2 Å². The van der Waals surface area contributed by atoms with Gasteiger partial charge in [0.2, 0.25) is 0 Å². The Hall–Kier alpha value is -2.68. The van der Waals surface area contributed by atoms with Gasteiger partial charge in [-0.3, -0.25) is 18.7 Å². The Labute approximate surface area is 188 Å². The molecular weight excluding hydrogens is 383 g/mol. The van der Waals surface area contributed by atoms with Crippen LogP contribution < -0.4 is 40.8 Å². The molecule has 4 aromatic rings. The second-order valence-corrected chi connectivity index (χ2v) is 6.44. The summed E-state index contributed by atoms with van der Waals surface area (Å²) in [4.78, 5) is 37.8. The Bertz CT molecular complexity index is 1300. The maximum atomic E-state index is 11.7. The third-order valence-corrected chi connectivity index (χ3v) is 4.54. The van der Waals surface area contributed by atoms with Crippen molar-refractivity contribution in [3.63, 3.8) is 0 Å². The van der Waals surface area contributed by atoms with Crippen LogP contribution >= 0.6 is 0 Å². The Kier molecular flexibility index (Phi) is 7.18. The molecule has 9 heteroatoms. The fourth-order valence-corrected chi connectivity index (χ4v) is 3.08. The summed E-state index contributed by atoms with van der Waals surface area (Å²) in [5.74, 6) is -0.790. The molecule has 1 N–H and O–H groups in total. The van der Waals surface area contributed by atoms with E-state index in [4.69, 9.17) is 5.11 Å². The minimum Gasteiger partial charge on any atom is -0.481 e. The summed E-state index contributed by atoms with van der Waals surface area (Å²) in [5.41, 5.74) is 1.05. The van der Waals surface area contributed by atoms with Crippen LogP contribution in [0.4, 0.5) is 0 Å². The number of rotatable bonds is 2. The molecule has 8 nitrogen and oxygen atoms in total. The number of carboxylic acids is 1. The number of carboxylic acid groups (broad SMARTS) is 1. The first-order valence-corrected chi connectivity index (χ1v) is 8.56. The molecule has 0 unspecified atom stereocenters. The molecule has 0 atom stereocenters. The molecule has 0 radical (unpaired) electrons. The summed E-state index contributed by atoms with van der Waals surface area (Å²) in [6.45, 7) is 0. The quantitative estimate of drug-likeness (QED) is 0.408. The molecule has 2 aromatic carbocycles. The molecular formula is C20H20N4NaO4+. The van der Waals surface area contributed by atoms with Crippen LogP contribution in [0.3, 0.4) is 0 Å². The van der Waals surface area contributed by atoms with Crippen LogP contribution in [0.15, 0.2) is 58.4 Å². The van der Waals surface area contributed by atoms with E-state index >= 15 is 0 Å². The van der Waals surface area contributed by atoms with Gasteiger partial charge in [-0.1, -0.05) is 42.5 Å². The molecule has 0 aliphatic carbocycles. The maximum Gasteiger partial charge on any atom is 1.00 e. The molecule has 0 aliphatic heterocycles. The normalized spacial score (nSPS) is 10.3. The summed E-state index contributed by atoms with van der Waals surface area (Å²) < 4.78 is 4.04. The van der Waals surface area contributed by atoms with Crippen LogP contribution in [-0.2, 0) is 32.4 Å². The predicted octanol–water partition coefficient (Wildman–Crippen LogP) is -1.56. The van der Waals surface area contributed by atoms with E-state index in [0.717, 1.165) is 20.9 Å². The molecule has 2 aromatic heterocycles. The van der Waals surface area contributed by atoms with E-state index in [1.165, 1.54) is 17.9 Å². The molecule has 0 bridgehead atoms. The largest absolute Gasteiger partial charge is 1.00 e. The fraction of sp³-hybridized carbons (Fsp3) is 0.200. The number of aliphatic carboxylic acids is 1. The number of nitrogens with zero attached hydrogens (tertiary/aromatic N) is 4. The van der Waals surface area contributed by atoms with E-state index in [2.05, 4.69) is 4.98 Å². The molecule has 0 spiro atoms. The molecule has 0 aliphatic rings.